The summed E-state index contributed by atoms with van der Waals surface area (Å²) in [5.41, 5.74) is 0. The Morgan fingerprint density at radius 2 is 1.04 bits per heavy atom. The van der Waals surface area contributed by atoms with Crippen LogP contribution in [0.1, 0.15) is 40.5 Å². The molecule has 0 radical (unpaired) electrons. The van der Waals surface area contributed by atoms with Gasteiger partial charge in [-0.2, -0.15) is 0 Å². The van der Waals surface area contributed by atoms with E-state index in [1.807, 2.05) is 0 Å². The summed E-state index contributed by atoms with van der Waals surface area (Å²) in [5, 5.41) is 0. The Balaban J connectivity index is 5.40. The van der Waals surface area contributed by atoms with Gasteiger partial charge in [0, 0.05) is 0 Å². The normalized spacial score (nSPS) is 11.5. The fraction of sp³-hybridized carbons (Fsp3) is 0.750. The summed E-state index contributed by atoms with van der Waals surface area (Å²) in [4.78, 5) is 47.1. The Kier molecular flexibility index (Phi) is 11.0. The molecule has 0 spiro atoms. The number of rotatable bonds is 12. The van der Waals surface area contributed by atoms with Crippen molar-refractivity contribution in [1.82, 2.24) is 0 Å². The molecule has 0 saturated heterocycles. The molecule has 9 heteroatoms. The molecule has 0 heterocycles. The molecule has 0 amide bonds. The zero-order valence-electron chi connectivity index (χ0n) is 15.7. The van der Waals surface area contributed by atoms with Crippen LogP contribution in [0.4, 0.5) is 0 Å². The van der Waals surface area contributed by atoms with Crippen molar-refractivity contribution in [2.24, 2.45) is 0 Å². The number of hydrogen-bond donors (Lipinski definition) is 0. The van der Waals surface area contributed by atoms with Crippen LogP contribution in [0.3, 0.4) is 0 Å². The molecule has 144 valence electrons. The molecule has 0 atom stereocenters. The Morgan fingerprint density at radius 1 is 0.720 bits per heavy atom. The van der Waals surface area contributed by atoms with Crippen molar-refractivity contribution in [1.29, 1.82) is 0 Å². The van der Waals surface area contributed by atoms with Gasteiger partial charge >= 0.3 is 153 Å². The first-order valence-corrected chi connectivity index (χ1v) is 11.5. The van der Waals surface area contributed by atoms with Gasteiger partial charge in [-0.1, -0.05) is 0 Å². The van der Waals surface area contributed by atoms with E-state index in [1.54, 1.807) is 27.7 Å². The number of ketones is 2. The van der Waals surface area contributed by atoms with Gasteiger partial charge in [-0.15, -0.1) is 0 Å². The molecule has 0 bridgehead atoms. The second-order valence-electron chi connectivity index (χ2n) is 6.18. The molecule has 0 rings (SSSR count). The zero-order valence-corrected chi connectivity index (χ0v) is 17.3. The van der Waals surface area contributed by atoms with Crippen molar-refractivity contribution in [3.63, 3.8) is 0 Å². The van der Waals surface area contributed by atoms with Crippen LogP contribution >= 0.6 is 0 Å². The first-order chi connectivity index (χ1) is 11.5. The van der Waals surface area contributed by atoms with Crippen LogP contribution < -0.4 is 0 Å². The maximum atomic E-state index is 12.2. The quantitative estimate of drug-likeness (QED) is 0.280. The maximum absolute atomic E-state index is 12.2. The molecule has 0 aliphatic carbocycles. The molecule has 0 aromatic heterocycles. The van der Waals surface area contributed by atoms with Crippen LogP contribution in [0.5, 0.6) is 0 Å². The van der Waals surface area contributed by atoms with Crippen LogP contribution in [0, 0.1) is 0 Å². The van der Waals surface area contributed by atoms with Gasteiger partial charge < -0.3 is 0 Å². The molecular formula is C16H28O8Ti. The SMILES string of the molecule is COC(=O)CC(=O)[CH2][Ti]([CH2]C(=O)CC(=O)OC)([O]C(C)C)[O]C(C)C. The van der Waals surface area contributed by atoms with Crippen molar-refractivity contribution in [3.05, 3.63) is 0 Å². The molecule has 25 heavy (non-hydrogen) atoms. The number of hydrogen-bond acceptors (Lipinski definition) is 8. The molecular weight excluding hydrogens is 368 g/mol. The molecule has 0 aliphatic rings. The first-order valence-electron chi connectivity index (χ1n) is 8.06. The van der Waals surface area contributed by atoms with Gasteiger partial charge in [0.15, 0.2) is 0 Å². The molecule has 0 saturated carbocycles. The average Bonchev–Trinajstić information content (AvgIpc) is 2.44. The van der Waals surface area contributed by atoms with Gasteiger partial charge in [-0.25, -0.2) is 0 Å². The Morgan fingerprint density at radius 3 is 1.28 bits per heavy atom. The third-order valence-corrected chi connectivity index (χ3v) is 8.70. The van der Waals surface area contributed by atoms with E-state index in [4.69, 9.17) is 6.64 Å². The van der Waals surface area contributed by atoms with E-state index in [-0.39, 0.29) is 21.7 Å². The number of carbonyl (C=O) groups is 4. The number of ether oxygens (including phenoxy) is 2. The van der Waals surface area contributed by atoms with Crippen LogP contribution in [-0.4, -0.2) is 49.9 Å². The molecule has 0 unspecified atom stereocenters. The molecule has 8 nitrogen and oxygen atoms in total. The first kappa shape index (κ1) is 23.9. The zero-order chi connectivity index (χ0) is 19.6. The van der Waals surface area contributed by atoms with Crippen LogP contribution in [0.15, 0.2) is 0 Å². The van der Waals surface area contributed by atoms with Crippen molar-refractivity contribution < 1.29 is 52.7 Å². The summed E-state index contributed by atoms with van der Waals surface area (Å²) in [5.74, 6) is -2.12. The van der Waals surface area contributed by atoms with E-state index in [1.165, 1.54) is 14.2 Å². The summed E-state index contributed by atoms with van der Waals surface area (Å²) in [6.07, 6.45) is -1.35. The Bertz CT molecular complexity index is 443. The number of Topliss-reactive ketones (excluding diaryl/α,β-unsaturated/α-hetero) is 2. The van der Waals surface area contributed by atoms with Crippen LogP contribution in [0.25, 0.3) is 0 Å². The van der Waals surface area contributed by atoms with Crippen molar-refractivity contribution in [3.8, 4) is 0 Å². The Hall–Kier alpha value is -1.09. The van der Waals surface area contributed by atoms with E-state index in [0.717, 1.165) is 0 Å². The molecule has 0 aliphatic heterocycles. The second-order valence-corrected chi connectivity index (χ2v) is 10.9. The van der Waals surface area contributed by atoms with E-state index in [9.17, 15) is 19.2 Å². The van der Waals surface area contributed by atoms with Gasteiger partial charge in [0.05, 0.1) is 0 Å². The number of carbonyl (C=O) groups excluding carboxylic acids is 4. The van der Waals surface area contributed by atoms with E-state index in [0.29, 0.717) is 0 Å². The van der Waals surface area contributed by atoms with E-state index < -0.39 is 53.7 Å². The number of esters is 2. The van der Waals surface area contributed by atoms with Crippen molar-refractivity contribution in [2.45, 2.75) is 62.2 Å². The van der Waals surface area contributed by atoms with Gasteiger partial charge in [-0.3, -0.25) is 0 Å². The minimum atomic E-state index is -3.94. The average molecular weight is 396 g/mol. The predicted octanol–water partition coefficient (Wildman–Crippen LogP) is 1.92. The second kappa shape index (κ2) is 11.5. The third kappa shape index (κ3) is 10.5. The summed E-state index contributed by atoms with van der Waals surface area (Å²) in [6.45, 7) is 7.11. The summed E-state index contributed by atoms with van der Waals surface area (Å²) in [7, 11) is 2.39. The fourth-order valence-corrected chi connectivity index (χ4v) is 8.06. The van der Waals surface area contributed by atoms with E-state index >= 15 is 0 Å². The topological polar surface area (TPSA) is 105 Å². The van der Waals surface area contributed by atoms with Crippen LogP contribution in [0.2, 0.25) is 9.45 Å². The number of methoxy groups -OCH3 is 2. The standard InChI is InChI=1S/2C5H7O3.2C3H7O.Ti/c2*1-4(6)3-5(7)8-2;2*1-3(2)4;/h2*1,3H2,2H3;2*3H,1-2H3;/q;;2*-1;+2. The summed E-state index contributed by atoms with van der Waals surface area (Å²) < 4.78 is 20.6. The third-order valence-electron chi connectivity index (χ3n) is 2.97. The predicted molar refractivity (Wildman–Crippen MR) is 85.3 cm³/mol. The minimum absolute atomic E-state index is 0.127. The Labute approximate surface area is 152 Å². The van der Waals surface area contributed by atoms with E-state index in [2.05, 4.69) is 9.47 Å². The summed E-state index contributed by atoms with van der Waals surface area (Å²) in [6, 6.07) is 0. The molecule has 0 N–H and O–H groups in total. The van der Waals surface area contributed by atoms with Gasteiger partial charge in [0.1, 0.15) is 0 Å². The molecule has 0 aromatic carbocycles. The van der Waals surface area contributed by atoms with Gasteiger partial charge in [0.25, 0.3) is 0 Å². The van der Waals surface area contributed by atoms with Crippen molar-refractivity contribution >= 4 is 23.5 Å². The van der Waals surface area contributed by atoms with Crippen molar-refractivity contribution in [2.75, 3.05) is 14.2 Å². The monoisotopic (exact) mass is 396 g/mol. The van der Waals surface area contributed by atoms with Crippen LogP contribution in [-0.2, 0) is 52.7 Å². The molecule has 0 aromatic rings. The van der Waals surface area contributed by atoms with Gasteiger partial charge in [-0.05, 0) is 0 Å². The van der Waals surface area contributed by atoms with Gasteiger partial charge in [0.2, 0.25) is 0 Å². The summed E-state index contributed by atoms with van der Waals surface area (Å²) >= 11 is -3.94. The fourth-order valence-electron chi connectivity index (χ4n) is 2.31. The molecule has 0 fully saturated rings.